The molecule has 0 unspecified atom stereocenters. The average molecular weight is 427 g/mol. The van der Waals surface area contributed by atoms with Crippen molar-refractivity contribution in [2.24, 2.45) is 10.7 Å². The van der Waals surface area contributed by atoms with Crippen LogP contribution in [-0.4, -0.2) is 37.7 Å². The predicted octanol–water partition coefficient (Wildman–Crippen LogP) is 4.15. The van der Waals surface area contributed by atoms with Crippen molar-refractivity contribution in [3.63, 3.8) is 0 Å². The second-order valence-electron chi connectivity index (χ2n) is 7.47. The second-order valence-corrected chi connectivity index (χ2v) is 8.46. The Balaban J connectivity index is 1.67. The molecule has 30 heavy (non-hydrogen) atoms. The number of rotatable bonds is 5. The SMILES string of the molecule is CCCN1SC[C@@](C)(c2cc(-c3cc(-c4ncc(C)cn4)no3)ccc2F)N=C1N. The van der Waals surface area contributed by atoms with Crippen molar-refractivity contribution in [1.82, 2.24) is 19.4 Å². The highest BCUT2D eigenvalue weighted by Gasteiger charge is 2.35. The number of aromatic nitrogens is 3. The minimum atomic E-state index is -0.776. The first kappa shape index (κ1) is 20.3. The first-order chi connectivity index (χ1) is 14.4. The van der Waals surface area contributed by atoms with Crippen LogP contribution in [0.4, 0.5) is 4.39 Å². The number of benzene rings is 1. The van der Waals surface area contributed by atoms with E-state index in [4.69, 9.17) is 10.3 Å². The van der Waals surface area contributed by atoms with Gasteiger partial charge in [-0.25, -0.2) is 19.4 Å². The molecule has 3 aromatic rings. The van der Waals surface area contributed by atoms with Gasteiger partial charge in [0.05, 0.1) is 0 Å². The summed E-state index contributed by atoms with van der Waals surface area (Å²) in [5.41, 5.74) is 8.02. The molecule has 0 saturated carbocycles. The van der Waals surface area contributed by atoms with Crippen LogP contribution in [0, 0.1) is 12.7 Å². The fourth-order valence-electron chi connectivity index (χ4n) is 3.26. The lowest BCUT2D eigenvalue weighted by Gasteiger charge is -2.36. The summed E-state index contributed by atoms with van der Waals surface area (Å²) in [4.78, 5) is 13.2. The molecule has 1 aromatic carbocycles. The lowest BCUT2D eigenvalue weighted by atomic mass is 9.92. The van der Waals surface area contributed by atoms with Gasteiger partial charge in [0.1, 0.15) is 11.4 Å². The van der Waals surface area contributed by atoms with Gasteiger partial charge in [-0.05, 0) is 56.0 Å². The summed E-state index contributed by atoms with van der Waals surface area (Å²) in [5.74, 6) is 1.66. The van der Waals surface area contributed by atoms with E-state index >= 15 is 0 Å². The van der Waals surface area contributed by atoms with E-state index in [1.54, 1.807) is 42.5 Å². The van der Waals surface area contributed by atoms with Crippen molar-refractivity contribution in [2.75, 3.05) is 12.3 Å². The topological polar surface area (TPSA) is 93.4 Å². The number of aryl methyl sites for hydroxylation is 1. The smallest absolute Gasteiger partial charge is 0.202 e. The number of hydrogen-bond acceptors (Lipinski definition) is 8. The van der Waals surface area contributed by atoms with Crippen molar-refractivity contribution in [1.29, 1.82) is 0 Å². The van der Waals surface area contributed by atoms with E-state index in [2.05, 4.69) is 27.0 Å². The fraction of sp³-hybridized carbons (Fsp3) is 0.333. The quantitative estimate of drug-likeness (QED) is 0.613. The molecule has 4 rings (SSSR count). The number of hydrogen-bond donors (Lipinski definition) is 1. The molecule has 9 heteroatoms. The lowest BCUT2D eigenvalue weighted by Crippen LogP contribution is -2.42. The van der Waals surface area contributed by atoms with Gasteiger partial charge in [0.2, 0.25) is 5.96 Å². The summed E-state index contributed by atoms with van der Waals surface area (Å²) in [6, 6.07) is 6.59. The Morgan fingerprint density at radius 2 is 2.03 bits per heavy atom. The Kier molecular flexibility index (Phi) is 5.46. The highest BCUT2D eigenvalue weighted by Crippen LogP contribution is 2.38. The number of aliphatic imine (C=N–C) groups is 1. The molecule has 0 spiro atoms. The van der Waals surface area contributed by atoms with Gasteiger partial charge in [-0.3, -0.25) is 4.31 Å². The molecular formula is C21H23FN6OS. The Morgan fingerprint density at radius 3 is 2.73 bits per heavy atom. The number of nitrogens with zero attached hydrogens (tertiary/aromatic N) is 5. The zero-order chi connectivity index (χ0) is 21.3. The third kappa shape index (κ3) is 3.89. The Bertz CT molecular complexity index is 1080. The molecule has 156 valence electrons. The van der Waals surface area contributed by atoms with Crippen molar-refractivity contribution < 1.29 is 8.91 Å². The molecule has 2 aromatic heterocycles. The lowest BCUT2D eigenvalue weighted by molar-refractivity contribution is 0.433. The van der Waals surface area contributed by atoms with Gasteiger partial charge in [-0.15, -0.1) is 0 Å². The van der Waals surface area contributed by atoms with Crippen molar-refractivity contribution in [3.8, 4) is 22.8 Å². The molecule has 3 heterocycles. The standard InChI is InChI=1S/C21H23FN6OS/c1-4-7-28-20(23)26-21(3,12-30-28)15-8-14(5-6-16(15)22)18-9-17(27-29-18)19-24-10-13(2)11-25-19/h5-6,8-11H,4,7,12H2,1-3H3,(H2,23,26)/t21-/m0/s1. The van der Waals surface area contributed by atoms with Crippen LogP contribution in [0.3, 0.4) is 0 Å². The van der Waals surface area contributed by atoms with E-state index in [1.165, 1.54) is 6.07 Å². The van der Waals surface area contributed by atoms with Gasteiger partial charge in [0, 0.05) is 41.9 Å². The van der Waals surface area contributed by atoms with Crippen molar-refractivity contribution in [2.45, 2.75) is 32.7 Å². The summed E-state index contributed by atoms with van der Waals surface area (Å²) < 4.78 is 22.2. The summed E-state index contributed by atoms with van der Waals surface area (Å²) in [6.07, 6.45) is 4.40. The highest BCUT2D eigenvalue weighted by molar-refractivity contribution is 7.97. The summed E-state index contributed by atoms with van der Waals surface area (Å²) in [6.45, 7) is 6.70. The molecule has 0 radical (unpaired) electrons. The maximum absolute atomic E-state index is 14.8. The van der Waals surface area contributed by atoms with E-state index in [1.807, 2.05) is 18.2 Å². The molecule has 1 aliphatic rings. The third-order valence-electron chi connectivity index (χ3n) is 4.90. The molecule has 0 bridgehead atoms. The number of nitrogens with two attached hydrogens (primary N) is 1. The van der Waals surface area contributed by atoms with E-state index in [9.17, 15) is 4.39 Å². The van der Waals surface area contributed by atoms with Crippen LogP contribution < -0.4 is 5.73 Å². The second kappa shape index (κ2) is 8.06. The molecule has 2 N–H and O–H groups in total. The third-order valence-corrected chi connectivity index (χ3v) is 6.27. The van der Waals surface area contributed by atoms with Gasteiger partial charge in [0.25, 0.3) is 0 Å². The normalized spacial score (nSPS) is 19.1. The van der Waals surface area contributed by atoms with Gasteiger partial charge in [-0.2, -0.15) is 0 Å². The zero-order valence-electron chi connectivity index (χ0n) is 17.1. The van der Waals surface area contributed by atoms with Gasteiger partial charge >= 0.3 is 0 Å². The van der Waals surface area contributed by atoms with Crippen molar-refractivity contribution >= 4 is 17.9 Å². The Labute approximate surface area is 178 Å². The highest BCUT2D eigenvalue weighted by atomic mass is 32.2. The Hall–Kier alpha value is -2.94. The molecule has 0 amide bonds. The number of halogens is 1. The van der Waals surface area contributed by atoms with Crippen LogP contribution >= 0.6 is 11.9 Å². The maximum atomic E-state index is 14.8. The van der Waals surface area contributed by atoms with Gasteiger partial charge < -0.3 is 10.3 Å². The summed E-state index contributed by atoms with van der Waals surface area (Å²) in [7, 11) is 0. The Morgan fingerprint density at radius 1 is 1.27 bits per heavy atom. The van der Waals surface area contributed by atoms with Crippen LogP contribution in [0.5, 0.6) is 0 Å². The minimum Gasteiger partial charge on any atom is -0.369 e. The van der Waals surface area contributed by atoms with Gasteiger partial charge in [0.15, 0.2) is 17.3 Å². The van der Waals surface area contributed by atoms with Gasteiger partial charge in [-0.1, -0.05) is 12.1 Å². The molecule has 0 fully saturated rings. The van der Waals surface area contributed by atoms with E-state index in [0.717, 1.165) is 18.5 Å². The molecule has 1 atom stereocenters. The monoisotopic (exact) mass is 426 g/mol. The van der Waals surface area contributed by atoms with Crippen LogP contribution in [0.1, 0.15) is 31.4 Å². The van der Waals surface area contributed by atoms with Crippen LogP contribution in [-0.2, 0) is 5.54 Å². The van der Waals surface area contributed by atoms with Crippen LogP contribution in [0.2, 0.25) is 0 Å². The van der Waals surface area contributed by atoms with Crippen molar-refractivity contribution in [3.05, 3.63) is 53.6 Å². The maximum Gasteiger partial charge on any atom is 0.202 e. The van der Waals surface area contributed by atoms with Crippen LogP contribution in [0.15, 0.2) is 46.2 Å². The molecule has 1 aliphatic heterocycles. The van der Waals surface area contributed by atoms with E-state index < -0.39 is 5.54 Å². The molecular weight excluding hydrogens is 403 g/mol. The zero-order valence-corrected chi connectivity index (χ0v) is 17.9. The summed E-state index contributed by atoms with van der Waals surface area (Å²) in [5, 5.41) is 4.06. The summed E-state index contributed by atoms with van der Waals surface area (Å²) >= 11 is 1.57. The first-order valence-electron chi connectivity index (χ1n) is 9.71. The molecule has 0 saturated heterocycles. The fourth-order valence-corrected chi connectivity index (χ4v) is 4.38. The number of guanidine groups is 1. The largest absolute Gasteiger partial charge is 0.369 e. The molecule has 7 nitrogen and oxygen atoms in total. The van der Waals surface area contributed by atoms with E-state index in [-0.39, 0.29) is 5.82 Å². The predicted molar refractivity (Wildman–Crippen MR) is 116 cm³/mol. The average Bonchev–Trinajstić information content (AvgIpc) is 3.21. The molecule has 0 aliphatic carbocycles. The minimum absolute atomic E-state index is 0.330. The van der Waals surface area contributed by atoms with E-state index in [0.29, 0.717) is 40.1 Å². The van der Waals surface area contributed by atoms with Crippen LogP contribution in [0.25, 0.3) is 22.8 Å². The first-order valence-corrected chi connectivity index (χ1v) is 10.7.